The largest absolute Gasteiger partial charge is 0.497 e. The number of methoxy groups -OCH3 is 1. The summed E-state index contributed by atoms with van der Waals surface area (Å²) in [5, 5.41) is 16.7. The summed E-state index contributed by atoms with van der Waals surface area (Å²) in [6.07, 6.45) is 1.20. The van der Waals surface area contributed by atoms with Gasteiger partial charge in [0.15, 0.2) is 0 Å². The first kappa shape index (κ1) is 36.7. The van der Waals surface area contributed by atoms with E-state index < -0.39 is 53.2 Å². The molecule has 12 nitrogen and oxygen atoms in total. The van der Waals surface area contributed by atoms with Crippen LogP contribution in [-0.2, 0) is 32.0 Å². The number of carboxylic acid groups (broad SMARTS) is 1. The lowest BCUT2D eigenvalue weighted by Gasteiger charge is -2.30. The smallest absolute Gasteiger partial charge is 0.408 e. The Balaban J connectivity index is 1.26. The predicted molar refractivity (Wildman–Crippen MR) is 201 cm³/mol. The van der Waals surface area contributed by atoms with E-state index in [9.17, 15) is 24.3 Å². The summed E-state index contributed by atoms with van der Waals surface area (Å²) in [5.74, 6) is -1.26. The minimum atomic E-state index is -1.41. The van der Waals surface area contributed by atoms with Crippen molar-refractivity contribution in [3.05, 3.63) is 90.0 Å². The number of benzene rings is 3. The molecule has 54 heavy (non-hydrogen) atoms. The Morgan fingerprint density at radius 2 is 1.78 bits per heavy atom. The summed E-state index contributed by atoms with van der Waals surface area (Å²) in [6, 6.07) is 22.7. The molecule has 3 N–H and O–H groups in total. The number of carbonyl (C=O) groups excluding carboxylic acids is 3. The van der Waals surface area contributed by atoms with Crippen LogP contribution in [0.3, 0.4) is 0 Å². The number of rotatable bonds is 6. The number of aliphatic carboxylic acids is 1. The number of ether oxygens (including phenoxy) is 3. The number of carboxylic acids is 1. The van der Waals surface area contributed by atoms with Crippen molar-refractivity contribution in [3.8, 4) is 22.8 Å². The maximum absolute atomic E-state index is 14.7. The van der Waals surface area contributed by atoms with Gasteiger partial charge in [0.1, 0.15) is 40.8 Å². The highest BCUT2D eigenvalue weighted by molar-refractivity contribution is 5.96. The summed E-state index contributed by atoms with van der Waals surface area (Å²) < 4.78 is 17.7. The molecule has 2 aliphatic heterocycles. The zero-order chi connectivity index (χ0) is 38.2. The molecule has 1 aromatic heterocycles. The molecular weight excluding hydrogens is 688 g/mol. The molecule has 2 bridgehead atoms. The van der Waals surface area contributed by atoms with Gasteiger partial charge in [-0.1, -0.05) is 54.6 Å². The van der Waals surface area contributed by atoms with Gasteiger partial charge in [0.25, 0.3) is 0 Å². The minimum Gasteiger partial charge on any atom is -0.497 e. The van der Waals surface area contributed by atoms with Crippen LogP contribution < -0.4 is 20.1 Å². The second kappa shape index (κ2) is 14.6. The van der Waals surface area contributed by atoms with Crippen molar-refractivity contribution in [3.63, 3.8) is 0 Å². The number of aryl methyl sites for hydroxylation is 1. The van der Waals surface area contributed by atoms with E-state index in [2.05, 4.69) is 10.6 Å². The standard InChI is InChI=1S/C42H46N4O8/c1-41(2,3)54-40(51)44-34-19-26-12-8-10-25(18-26)11-9-15-28-23-42(28,39(49)50)45-37(47)35-21-30(24-46(35)38(34)48)53-36-22-32(27-13-6-5-7-14-27)43-33-20-29(52-4)16-17-31(33)36/h5-8,10,12-14,16-18,20,22,28,30,34-35H,9,11,15,19,21,23-24H2,1-4H3,(H,44,51)(H,45,47)(H,49,50)/t28?,30-,34-,35+,42+/m1/s1. The Kier molecular flexibility index (Phi) is 9.95. The monoisotopic (exact) mass is 734 g/mol. The molecule has 1 aliphatic carbocycles. The van der Waals surface area contributed by atoms with E-state index in [1.165, 1.54) is 4.90 Å². The van der Waals surface area contributed by atoms with Crippen LogP contribution in [0.4, 0.5) is 4.79 Å². The van der Waals surface area contributed by atoms with Gasteiger partial charge in [-0.3, -0.25) is 9.59 Å². The fraction of sp³-hybridized carbons (Fsp3) is 0.405. The van der Waals surface area contributed by atoms with Gasteiger partial charge in [-0.2, -0.15) is 0 Å². The molecule has 2 fully saturated rings. The molecule has 0 radical (unpaired) electrons. The van der Waals surface area contributed by atoms with Crippen LogP contribution in [0.2, 0.25) is 0 Å². The molecular formula is C42H46N4O8. The normalized spacial score (nSPS) is 24.3. The van der Waals surface area contributed by atoms with Crippen molar-refractivity contribution in [1.82, 2.24) is 20.5 Å². The molecule has 3 aromatic carbocycles. The van der Waals surface area contributed by atoms with Crippen molar-refractivity contribution in [2.45, 2.75) is 88.6 Å². The van der Waals surface area contributed by atoms with Crippen LogP contribution >= 0.6 is 0 Å². The van der Waals surface area contributed by atoms with Crippen molar-refractivity contribution >= 4 is 34.8 Å². The molecule has 1 saturated heterocycles. The van der Waals surface area contributed by atoms with E-state index >= 15 is 0 Å². The van der Waals surface area contributed by atoms with Crippen LogP contribution in [0.1, 0.15) is 57.6 Å². The fourth-order valence-electron chi connectivity index (χ4n) is 7.71. The maximum atomic E-state index is 14.7. The Hall–Kier alpha value is -5.65. The summed E-state index contributed by atoms with van der Waals surface area (Å²) in [5.41, 5.74) is 1.83. The molecule has 12 heteroatoms. The van der Waals surface area contributed by atoms with E-state index in [0.717, 1.165) is 23.1 Å². The first-order valence-electron chi connectivity index (χ1n) is 18.5. The Bertz CT molecular complexity index is 2080. The molecule has 1 unspecified atom stereocenters. The van der Waals surface area contributed by atoms with E-state index in [1.54, 1.807) is 27.9 Å². The van der Waals surface area contributed by atoms with Gasteiger partial charge in [0.05, 0.1) is 24.9 Å². The topological polar surface area (TPSA) is 156 Å². The average molecular weight is 735 g/mol. The zero-order valence-electron chi connectivity index (χ0n) is 31.0. The highest BCUT2D eigenvalue weighted by Crippen LogP contribution is 2.47. The molecule has 3 amide bonds. The highest BCUT2D eigenvalue weighted by atomic mass is 16.6. The van der Waals surface area contributed by atoms with Gasteiger partial charge in [-0.05, 0) is 75.6 Å². The SMILES string of the molecule is COc1ccc2c(O[C@@H]3C[C@H]4C(=O)N[C@@]5(C(=O)O)CC5CCCc5cccc(c5)C[C@@H](NC(=O)OC(C)(C)C)C(=O)N4C3)cc(-c3ccccc3)nc2c1. The quantitative estimate of drug-likeness (QED) is 0.227. The number of nitrogens with zero attached hydrogens (tertiary/aromatic N) is 2. The molecule has 0 spiro atoms. The van der Waals surface area contributed by atoms with E-state index in [0.29, 0.717) is 47.4 Å². The van der Waals surface area contributed by atoms with E-state index in [4.69, 9.17) is 19.2 Å². The summed E-state index contributed by atoms with van der Waals surface area (Å²) in [4.78, 5) is 61.1. The first-order valence-corrected chi connectivity index (χ1v) is 18.5. The van der Waals surface area contributed by atoms with Crippen LogP contribution in [0, 0.1) is 5.92 Å². The second-order valence-corrected chi connectivity index (χ2v) is 15.5. The molecule has 3 aliphatic rings. The molecule has 4 aromatic rings. The van der Waals surface area contributed by atoms with E-state index in [1.807, 2.05) is 78.9 Å². The van der Waals surface area contributed by atoms with Gasteiger partial charge >= 0.3 is 12.1 Å². The van der Waals surface area contributed by atoms with E-state index in [-0.39, 0.29) is 25.3 Å². The number of aromatic nitrogens is 1. The summed E-state index contributed by atoms with van der Waals surface area (Å²) in [6.45, 7) is 5.22. The lowest BCUT2D eigenvalue weighted by Crippen LogP contribution is -2.57. The van der Waals surface area contributed by atoms with Gasteiger partial charge < -0.3 is 34.9 Å². The molecule has 1 saturated carbocycles. The van der Waals surface area contributed by atoms with Gasteiger partial charge in [-0.15, -0.1) is 0 Å². The number of hydrogen-bond donors (Lipinski definition) is 3. The number of nitrogens with one attached hydrogen (secondary N) is 2. The number of carbonyl (C=O) groups is 4. The number of hydrogen-bond acceptors (Lipinski definition) is 8. The number of pyridine rings is 1. The molecule has 5 atom stereocenters. The van der Waals surface area contributed by atoms with Crippen LogP contribution in [-0.4, -0.2) is 81.8 Å². The highest BCUT2D eigenvalue weighted by Gasteiger charge is 2.62. The van der Waals surface area contributed by atoms with Crippen molar-refractivity contribution in [1.29, 1.82) is 0 Å². The van der Waals surface area contributed by atoms with Crippen LogP contribution in [0.25, 0.3) is 22.2 Å². The molecule has 7 rings (SSSR count). The number of fused-ring (bicyclic) bond motifs is 5. The van der Waals surface area contributed by atoms with Gasteiger partial charge in [0.2, 0.25) is 11.8 Å². The zero-order valence-corrected chi connectivity index (χ0v) is 31.0. The van der Waals surface area contributed by atoms with Crippen molar-refractivity contribution in [2.24, 2.45) is 5.92 Å². The Morgan fingerprint density at radius 1 is 1.00 bits per heavy atom. The van der Waals surface area contributed by atoms with Crippen molar-refractivity contribution in [2.75, 3.05) is 13.7 Å². The van der Waals surface area contributed by atoms with Gasteiger partial charge in [-0.25, -0.2) is 14.6 Å². The van der Waals surface area contributed by atoms with Gasteiger partial charge in [0, 0.05) is 35.9 Å². The third-order valence-corrected chi connectivity index (χ3v) is 10.5. The molecule has 282 valence electrons. The lowest BCUT2D eigenvalue weighted by molar-refractivity contribution is -0.146. The fourth-order valence-corrected chi connectivity index (χ4v) is 7.71. The third-order valence-electron chi connectivity index (χ3n) is 10.5. The lowest BCUT2D eigenvalue weighted by atomic mass is 9.99. The van der Waals surface area contributed by atoms with Crippen LogP contribution in [0.5, 0.6) is 11.5 Å². The average Bonchev–Trinajstić information content (AvgIpc) is 3.67. The molecule has 3 heterocycles. The number of alkyl carbamates (subject to hydrolysis) is 1. The third kappa shape index (κ3) is 7.83. The second-order valence-electron chi connectivity index (χ2n) is 15.5. The van der Waals surface area contributed by atoms with Crippen molar-refractivity contribution < 1.29 is 38.5 Å². The summed E-state index contributed by atoms with van der Waals surface area (Å²) in [7, 11) is 1.58. The minimum absolute atomic E-state index is 0.00754. The Labute approximate surface area is 314 Å². The first-order chi connectivity index (χ1) is 25.8. The Morgan fingerprint density at radius 3 is 2.52 bits per heavy atom. The maximum Gasteiger partial charge on any atom is 0.408 e. The summed E-state index contributed by atoms with van der Waals surface area (Å²) >= 11 is 0. The predicted octanol–water partition coefficient (Wildman–Crippen LogP) is 5.69. The number of amides is 3. The van der Waals surface area contributed by atoms with Crippen LogP contribution in [0.15, 0.2) is 78.9 Å².